The Hall–Kier alpha value is -2.07. The molecule has 0 atom stereocenters. The van der Waals surface area contributed by atoms with Crippen LogP contribution in [0.5, 0.6) is 0 Å². The van der Waals surface area contributed by atoms with Gasteiger partial charge in [-0.3, -0.25) is 4.79 Å². The smallest absolute Gasteiger partial charge is 0.270 e. The van der Waals surface area contributed by atoms with Gasteiger partial charge in [0.1, 0.15) is 5.69 Å². The molecule has 0 aliphatic heterocycles. The molecule has 0 aliphatic carbocycles. The van der Waals surface area contributed by atoms with Crippen LogP contribution < -0.4 is 0 Å². The van der Waals surface area contributed by atoms with E-state index in [0.29, 0.717) is 6.54 Å². The fourth-order valence-corrected chi connectivity index (χ4v) is 3.25. The van der Waals surface area contributed by atoms with Gasteiger partial charge in [0.2, 0.25) is 0 Å². The number of benzene rings is 1. The summed E-state index contributed by atoms with van der Waals surface area (Å²) in [4.78, 5) is 14.3. The Balaban J connectivity index is 2.06. The van der Waals surface area contributed by atoms with Crippen molar-refractivity contribution in [3.8, 4) is 0 Å². The summed E-state index contributed by atoms with van der Waals surface area (Å²) in [6.45, 7) is 3.42. The van der Waals surface area contributed by atoms with E-state index in [-0.39, 0.29) is 5.91 Å². The summed E-state index contributed by atoms with van der Waals surface area (Å²) >= 11 is 1.68. The predicted octanol–water partition coefficient (Wildman–Crippen LogP) is 3.84. The van der Waals surface area contributed by atoms with Crippen LogP contribution in [0.4, 0.5) is 0 Å². The summed E-state index contributed by atoms with van der Waals surface area (Å²) in [6, 6.07) is 14.4. The summed E-state index contributed by atoms with van der Waals surface area (Å²) in [7, 11) is 1.84. The highest BCUT2D eigenvalue weighted by atomic mass is 32.1. The van der Waals surface area contributed by atoms with E-state index in [0.717, 1.165) is 17.8 Å². The van der Waals surface area contributed by atoms with Crippen molar-refractivity contribution in [3.05, 3.63) is 59.1 Å². The molecule has 0 unspecified atom stereocenters. The molecule has 0 saturated carbocycles. The van der Waals surface area contributed by atoms with Gasteiger partial charge >= 0.3 is 0 Å². The van der Waals surface area contributed by atoms with E-state index in [2.05, 4.69) is 28.1 Å². The predicted molar refractivity (Wildman–Crippen MR) is 88.0 cm³/mol. The van der Waals surface area contributed by atoms with Crippen LogP contribution in [0.3, 0.4) is 0 Å². The van der Waals surface area contributed by atoms with Crippen LogP contribution in [0, 0.1) is 0 Å². The van der Waals surface area contributed by atoms with Crippen LogP contribution in [0.25, 0.3) is 10.2 Å². The topological polar surface area (TPSA) is 25.2 Å². The van der Waals surface area contributed by atoms with Crippen molar-refractivity contribution in [3.63, 3.8) is 0 Å². The number of fused-ring (bicyclic) bond motifs is 1. The second-order valence-electron chi connectivity index (χ2n) is 5.09. The second-order valence-corrected chi connectivity index (χ2v) is 6.04. The summed E-state index contributed by atoms with van der Waals surface area (Å²) in [5, 5.41) is 2.07. The van der Waals surface area contributed by atoms with Gasteiger partial charge in [0.25, 0.3) is 5.91 Å². The van der Waals surface area contributed by atoms with Crippen LogP contribution in [-0.2, 0) is 6.54 Å². The molecule has 0 spiro atoms. The minimum atomic E-state index is 0.0804. The molecule has 1 aromatic carbocycles. The third-order valence-electron chi connectivity index (χ3n) is 3.75. The number of thiophene rings is 1. The van der Waals surface area contributed by atoms with Crippen LogP contribution >= 0.6 is 11.3 Å². The quantitative estimate of drug-likeness (QED) is 0.718. The van der Waals surface area contributed by atoms with Crippen molar-refractivity contribution in [1.29, 1.82) is 0 Å². The van der Waals surface area contributed by atoms with Crippen molar-refractivity contribution in [2.75, 3.05) is 13.6 Å². The normalized spacial score (nSPS) is 11.0. The first-order chi connectivity index (χ1) is 10.2. The van der Waals surface area contributed by atoms with Crippen LogP contribution in [-0.4, -0.2) is 29.0 Å². The first kappa shape index (κ1) is 13.9. The molecule has 108 valence electrons. The molecule has 4 heteroatoms. The van der Waals surface area contributed by atoms with E-state index in [1.165, 1.54) is 10.3 Å². The highest BCUT2D eigenvalue weighted by Gasteiger charge is 2.18. The number of hydrogen-bond donors (Lipinski definition) is 0. The number of aromatic nitrogens is 1. The Morgan fingerprint density at radius 1 is 1.24 bits per heavy atom. The molecule has 1 amide bonds. The number of amides is 1. The Labute approximate surface area is 128 Å². The fourth-order valence-electron chi connectivity index (χ4n) is 2.43. The first-order valence-corrected chi connectivity index (χ1v) is 7.94. The van der Waals surface area contributed by atoms with E-state index in [9.17, 15) is 4.79 Å². The lowest BCUT2D eigenvalue weighted by Gasteiger charge is -2.16. The van der Waals surface area contributed by atoms with Gasteiger partial charge in [-0.05, 0) is 30.0 Å². The number of carbonyl (C=O) groups excluding carboxylic acids is 1. The van der Waals surface area contributed by atoms with Gasteiger partial charge in [-0.15, -0.1) is 11.3 Å². The molecule has 0 saturated heterocycles. The molecule has 0 radical (unpaired) electrons. The minimum Gasteiger partial charge on any atom is -0.341 e. The fraction of sp³-hybridized carbons (Fsp3) is 0.235. The average Bonchev–Trinajstić information content (AvgIpc) is 3.09. The minimum absolute atomic E-state index is 0.0804. The maximum Gasteiger partial charge on any atom is 0.270 e. The third kappa shape index (κ3) is 2.59. The zero-order valence-corrected chi connectivity index (χ0v) is 13.1. The Bertz CT molecular complexity index is 758. The molecule has 0 fully saturated rings. The highest BCUT2D eigenvalue weighted by molar-refractivity contribution is 7.17. The molecular weight excluding hydrogens is 280 g/mol. The number of hydrogen-bond acceptors (Lipinski definition) is 2. The van der Waals surface area contributed by atoms with E-state index in [1.807, 2.05) is 38.2 Å². The first-order valence-electron chi connectivity index (χ1n) is 7.07. The Morgan fingerprint density at radius 3 is 2.71 bits per heavy atom. The molecule has 0 N–H and O–H groups in total. The molecule has 3 rings (SSSR count). The maximum atomic E-state index is 12.6. The van der Waals surface area contributed by atoms with Crippen molar-refractivity contribution in [2.45, 2.75) is 13.5 Å². The molecule has 3 nitrogen and oxygen atoms in total. The molecule has 3 aromatic rings. The third-order valence-corrected chi connectivity index (χ3v) is 4.60. The van der Waals surface area contributed by atoms with Gasteiger partial charge in [-0.1, -0.05) is 30.3 Å². The van der Waals surface area contributed by atoms with Crippen molar-refractivity contribution < 1.29 is 4.79 Å². The largest absolute Gasteiger partial charge is 0.341 e. The van der Waals surface area contributed by atoms with Crippen molar-refractivity contribution in [2.24, 2.45) is 0 Å². The summed E-state index contributed by atoms with van der Waals surface area (Å²) < 4.78 is 3.29. The average molecular weight is 298 g/mol. The molecular formula is C17H18N2OS. The standard InChI is InChI=1S/C17H18N2OS/c1-3-18(2)17(20)15-11-16-14(9-10-21-16)19(15)12-13-7-5-4-6-8-13/h4-11H,3,12H2,1-2H3. The van der Waals surface area contributed by atoms with Gasteiger partial charge in [0, 0.05) is 20.1 Å². The summed E-state index contributed by atoms with van der Waals surface area (Å²) in [6.07, 6.45) is 0. The molecule has 2 heterocycles. The number of nitrogens with zero attached hydrogens (tertiary/aromatic N) is 2. The molecule has 0 aliphatic rings. The molecule has 2 aromatic heterocycles. The van der Waals surface area contributed by atoms with Gasteiger partial charge in [-0.2, -0.15) is 0 Å². The van der Waals surface area contributed by atoms with E-state index >= 15 is 0 Å². The Kier molecular flexibility index (Phi) is 3.80. The monoisotopic (exact) mass is 298 g/mol. The van der Waals surface area contributed by atoms with E-state index in [1.54, 1.807) is 16.2 Å². The van der Waals surface area contributed by atoms with Crippen molar-refractivity contribution in [1.82, 2.24) is 9.47 Å². The molecule has 21 heavy (non-hydrogen) atoms. The van der Waals surface area contributed by atoms with Gasteiger partial charge < -0.3 is 9.47 Å². The molecule has 0 bridgehead atoms. The van der Waals surface area contributed by atoms with Gasteiger partial charge in [0.15, 0.2) is 0 Å². The van der Waals surface area contributed by atoms with E-state index in [4.69, 9.17) is 0 Å². The lowest BCUT2D eigenvalue weighted by Crippen LogP contribution is -2.28. The van der Waals surface area contributed by atoms with Crippen LogP contribution in [0.1, 0.15) is 23.0 Å². The lowest BCUT2D eigenvalue weighted by molar-refractivity contribution is 0.0793. The SMILES string of the molecule is CCN(C)C(=O)c1cc2sccc2n1Cc1ccccc1. The number of rotatable bonds is 4. The summed E-state index contributed by atoms with van der Waals surface area (Å²) in [5.74, 6) is 0.0804. The lowest BCUT2D eigenvalue weighted by atomic mass is 10.2. The highest BCUT2D eigenvalue weighted by Crippen LogP contribution is 2.27. The zero-order valence-electron chi connectivity index (χ0n) is 12.2. The summed E-state index contributed by atoms with van der Waals surface area (Å²) in [5.41, 5.74) is 3.11. The Morgan fingerprint density at radius 2 is 2.00 bits per heavy atom. The zero-order chi connectivity index (χ0) is 14.8. The van der Waals surface area contributed by atoms with Crippen molar-refractivity contribution >= 4 is 27.5 Å². The second kappa shape index (κ2) is 5.74. The van der Waals surface area contributed by atoms with E-state index < -0.39 is 0 Å². The number of carbonyl (C=O) groups is 1. The van der Waals surface area contributed by atoms with Gasteiger partial charge in [0.05, 0.1) is 10.2 Å². The van der Waals surface area contributed by atoms with Crippen LogP contribution in [0.2, 0.25) is 0 Å². The van der Waals surface area contributed by atoms with Gasteiger partial charge in [-0.25, -0.2) is 0 Å². The van der Waals surface area contributed by atoms with Crippen LogP contribution in [0.15, 0.2) is 47.8 Å². The maximum absolute atomic E-state index is 12.6.